The molecule has 0 N–H and O–H groups in total. The van der Waals surface area contributed by atoms with Crippen molar-refractivity contribution in [1.29, 1.82) is 0 Å². The molecule has 0 amide bonds. The summed E-state index contributed by atoms with van der Waals surface area (Å²) in [5, 5.41) is 0. The standard InChI is InChI=1S/C10H10BrF2NO/c1-14(2)8-6-4-3-5-7(8)9(15)10(11,12)13/h3-6H,1-2H3. The minimum atomic E-state index is -3.51. The summed E-state index contributed by atoms with van der Waals surface area (Å²) in [6, 6.07) is 6.25. The zero-order valence-corrected chi connectivity index (χ0v) is 9.88. The fourth-order valence-electron chi connectivity index (χ4n) is 1.21. The molecule has 0 atom stereocenters. The van der Waals surface area contributed by atoms with Gasteiger partial charge in [-0.1, -0.05) is 12.1 Å². The number of hydrogen-bond acceptors (Lipinski definition) is 2. The lowest BCUT2D eigenvalue weighted by Gasteiger charge is -2.17. The molecule has 1 aromatic carbocycles. The average Bonchev–Trinajstić information content (AvgIpc) is 2.15. The van der Waals surface area contributed by atoms with E-state index in [-0.39, 0.29) is 5.56 Å². The largest absolute Gasteiger partial charge is 0.377 e. The van der Waals surface area contributed by atoms with Gasteiger partial charge in [-0.2, -0.15) is 8.78 Å². The number of anilines is 1. The van der Waals surface area contributed by atoms with Crippen LogP contribution in [0.2, 0.25) is 0 Å². The van der Waals surface area contributed by atoms with Crippen molar-refractivity contribution >= 4 is 27.4 Å². The van der Waals surface area contributed by atoms with E-state index in [0.717, 1.165) is 0 Å². The second-order valence-corrected chi connectivity index (χ2v) is 4.23. The topological polar surface area (TPSA) is 20.3 Å². The first-order chi connectivity index (χ1) is 6.84. The van der Waals surface area contributed by atoms with Crippen LogP contribution in [0.25, 0.3) is 0 Å². The number of ketones is 1. The molecule has 0 spiro atoms. The van der Waals surface area contributed by atoms with Crippen LogP contribution < -0.4 is 4.90 Å². The van der Waals surface area contributed by atoms with Crippen molar-refractivity contribution in [3.63, 3.8) is 0 Å². The molecule has 0 fully saturated rings. The number of carbonyl (C=O) groups excluding carboxylic acids is 1. The highest BCUT2D eigenvalue weighted by atomic mass is 79.9. The zero-order valence-electron chi connectivity index (χ0n) is 8.30. The maximum atomic E-state index is 12.8. The Balaban J connectivity index is 3.20. The molecular formula is C10H10BrF2NO. The van der Waals surface area contributed by atoms with Crippen LogP contribution in [0.3, 0.4) is 0 Å². The smallest absolute Gasteiger partial charge is 0.363 e. The molecular weight excluding hydrogens is 268 g/mol. The van der Waals surface area contributed by atoms with Crippen LogP contribution in [0.15, 0.2) is 24.3 Å². The first-order valence-corrected chi connectivity index (χ1v) is 5.01. The van der Waals surface area contributed by atoms with Crippen molar-refractivity contribution in [2.24, 2.45) is 0 Å². The Kier molecular flexibility index (Phi) is 3.44. The quantitative estimate of drug-likeness (QED) is 0.626. The van der Waals surface area contributed by atoms with Crippen molar-refractivity contribution in [2.45, 2.75) is 4.83 Å². The van der Waals surface area contributed by atoms with Crippen LogP contribution in [-0.2, 0) is 0 Å². The van der Waals surface area contributed by atoms with Gasteiger partial charge in [0.15, 0.2) is 0 Å². The van der Waals surface area contributed by atoms with Gasteiger partial charge >= 0.3 is 4.83 Å². The van der Waals surface area contributed by atoms with Gasteiger partial charge in [-0.15, -0.1) is 0 Å². The SMILES string of the molecule is CN(C)c1ccccc1C(=O)C(F)(F)Br. The Labute approximate surface area is 95.0 Å². The molecule has 1 aromatic rings. The number of para-hydroxylation sites is 1. The van der Waals surface area contributed by atoms with E-state index >= 15 is 0 Å². The Bertz CT molecular complexity index is 374. The monoisotopic (exact) mass is 277 g/mol. The minimum Gasteiger partial charge on any atom is -0.377 e. The molecule has 15 heavy (non-hydrogen) atoms. The maximum Gasteiger partial charge on any atom is 0.363 e. The van der Waals surface area contributed by atoms with Crippen molar-refractivity contribution in [3.05, 3.63) is 29.8 Å². The van der Waals surface area contributed by atoms with E-state index in [4.69, 9.17) is 0 Å². The zero-order chi connectivity index (χ0) is 11.6. The molecule has 0 bridgehead atoms. The van der Waals surface area contributed by atoms with Gasteiger partial charge in [0, 0.05) is 25.3 Å². The number of Topliss-reactive ketones (excluding diaryl/α,β-unsaturated/α-hetero) is 1. The number of hydrogen-bond donors (Lipinski definition) is 0. The van der Waals surface area contributed by atoms with E-state index in [1.807, 2.05) is 0 Å². The van der Waals surface area contributed by atoms with E-state index in [0.29, 0.717) is 5.69 Å². The molecule has 2 nitrogen and oxygen atoms in total. The number of rotatable bonds is 3. The molecule has 5 heteroatoms. The van der Waals surface area contributed by atoms with Crippen LogP contribution in [0.5, 0.6) is 0 Å². The lowest BCUT2D eigenvalue weighted by atomic mass is 10.1. The van der Waals surface area contributed by atoms with Crippen LogP contribution in [0.1, 0.15) is 10.4 Å². The molecule has 0 aromatic heterocycles. The summed E-state index contributed by atoms with van der Waals surface area (Å²) in [5.41, 5.74) is 0.478. The third kappa shape index (κ3) is 2.75. The van der Waals surface area contributed by atoms with Gasteiger partial charge < -0.3 is 4.90 Å². The molecule has 0 heterocycles. The van der Waals surface area contributed by atoms with Crippen molar-refractivity contribution in [2.75, 3.05) is 19.0 Å². The molecule has 1 rings (SSSR count). The van der Waals surface area contributed by atoms with Gasteiger partial charge in [-0.05, 0) is 28.1 Å². The Morgan fingerprint density at radius 2 is 1.87 bits per heavy atom. The lowest BCUT2D eigenvalue weighted by molar-refractivity contribution is 0.0593. The van der Waals surface area contributed by atoms with Gasteiger partial charge in [0.2, 0.25) is 5.78 Å². The second-order valence-electron chi connectivity index (χ2n) is 3.24. The summed E-state index contributed by atoms with van der Waals surface area (Å²) in [4.78, 5) is 9.47. The first kappa shape index (κ1) is 12.1. The minimum absolute atomic E-state index is 0.00405. The lowest BCUT2D eigenvalue weighted by Crippen LogP contribution is -2.23. The summed E-state index contributed by atoms with van der Waals surface area (Å²) in [6.07, 6.45) is 0. The Morgan fingerprint density at radius 1 is 1.33 bits per heavy atom. The number of alkyl halides is 3. The fraction of sp³-hybridized carbons (Fsp3) is 0.300. The summed E-state index contributed by atoms with van der Waals surface area (Å²) in [6.45, 7) is 0. The molecule has 0 aliphatic rings. The van der Waals surface area contributed by atoms with Crippen LogP contribution in [0, 0.1) is 0 Å². The maximum absolute atomic E-state index is 12.8. The molecule has 0 aliphatic heterocycles. The third-order valence-electron chi connectivity index (χ3n) is 1.89. The highest BCUT2D eigenvalue weighted by Gasteiger charge is 2.37. The molecule has 0 aliphatic carbocycles. The summed E-state index contributed by atoms with van der Waals surface area (Å²) in [5.74, 6) is -1.23. The van der Waals surface area contributed by atoms with E-state index in [9.17, 15) is 13.6 Å². The van der Waals surface area contributed by atoms with Gasteiger partial charge in [0.1, 0.15) is 0 Å². The summed E-state index contributed by atoms with van der Waals surface area (Å²) in [7, 11) is 3.39. The van der Waals surface area contributed by atoms with Gasteiger partial charge in [0.25, 0.3) is 0 Å². The van der Waals surface area contributed by atoms with Crippen LogP contribution >= 0.6 is 15.9 Å². The van der Waals surface area contributed by atoms with Crippen molar-refractivity contribution < 1.29 is 13.6 Å². The molecule has 0 unspecified atom stereocenters. The Hall–Kier alpha value is -0.970. The van der Waals surface area contributed by atoms with E-state index < -0.39 is 10.6 Å². The summed E-state index contributed by atoms with van der Waals surface area (Å²) >= 11 is 2.06. The highest BCUT2D eigenvalue weighted by molar-refractivity contribution is 9.10. The molecule has 0 saturated carbocycles. The first-order valence-electron chi connectivity index (χ1n) is 4.22. The van der Waals surface area contributed by atoms with Crippen molar-refractivity contribution in [1.82, 2.24) is 0 Å². The Morgan fingerprint density at radius 3 is 2.33 bits per heavy atom. The number of halogens is 3. The predicted octanol–water partition coefficient (Wildman–Crippen LogP) is 2.92. The average molecular weight is 278 g/mol. The fourth-order valence-corrected chi connectivity index (χ4v) is 1.42. The summed E-state index contributed by atoms with van der Waals surface area (Å²) < 4.78 is 25.6. The van der Waals surface area contributed by atoms with Gasteiger partial charge in [-0.3, -0.25) is 4.79 Å². The van der Waals surface area contributed by atoms with Gasteiger partial charge in [0.05, 0.1) is 0 Å². The van der Waals surface area contributed by atoms with E-state index in [1.165, 1.54) is 6.07 Å². The van der Waals surface area contributed by atoms with Crippen LogP contribution in [-0.4, -0.2) is 24.7 Å². The number of nitrogens with zero attached hydrogens (tertiary/aromatic N) is 1. The normalized spacial score (nSPS) is 11.3. The predicted molar refractivity (Wildman–Crippen MR) is 59.0 cm³/mol. The van der Waals surface area contributed by atoms with Crippen LogP contribution in [0.4, 0.5) is 14.5 Å². The van der Waals surface area contributed by atoms with Gasteiger partial charge in [-0.25, -0.2) is 0 Å². The molecule has 0 radical (unpaired) electrons. The van der Waals surface area contributed by atoms with E-state index in [1.54, 1.807) is 37.2 Å². The molecule has 82 valence electrons. The van der Waals surface area contributed by atoms with Crippen molar-refractivity contribution in [3.8, 4) is 0 Å². The number of carbonyl (C=O) groups is 1. The third-order valence-corrected chi connectivity index (χ3v) is 2.25. The number of benzene rings is 1. The second kappa shape index (κ2) is 4.26. The van der Waals surface area contributed by atoms with E-state index in [2.05, 4.69) is 15.9 Å². The highest BCUT2D eigenvalue weighted by Crippen LogP contribution is 2.30. The molecule has 0 saturated heterocycles.